The molecule has 240 valence electrons. The molecular formula is C27H26F6N8O4. The van der Waals surface area contributed by atoms with Gasteiger partial charge in [-0.05, 0) is 35.4 Å². The van der Waals surface area contributed by atoms with Gasteiger partial charge in [0.25, 0.3) is 5.91 Å². The van der Waals surface area contributed by atoms with E-state index in [1.54, 1.807) is 6.07 Å². The number of alkyl halides is 6. The molecule has 4 rings (SSSR count). The summed E-state index contributed by atoms with van der Waals surface area (Å²) in [5, 5.41) is 20.1. The van der Waals surface area contributed by atoms with Crippen molar-refractivity contribution in [1.82, 2.24) is 35.3 Å². The number of aromatic nitrogens is 6. The molecule has 0 radical (unpaired) electrons. The highest BCUT2D eigenvalue weighted by Crippen LogP contribution is 2.24. The van der Waals surface area contributed by atoms with Gasteiger partial charge >= 0.3 is 12.5 Å². The minimum atomic E-state index is -4.86. The summed E-state index contributed by atoms with van der Waals surface area (Å²) in [6, 6.07) is 10.8. The van der Waals surface area contributed by atoms with Crippen LogP contribution in [0.15, 0.2) is 60.9 Å². The van der Waals surface area contributed by atoms with Gasteiger partial charge < -0.3 is 20.1 Å². The Morgan fingerprint density at radius 1 is 0.911 bits per heavy atom. The number of aryl methyl sites for hydroxylation is 1. The number of hydrogen-bond acceptors (Lipinski definition) is 8. The third-order valence-corrected chi connectivity index (χ3v) is 5.78. The number of carbonyl (C=O) groups is 2. The molecule has 0 fully saturated rings. The molecule has 2 heterocycles. The van der Waals surface area contributed by atoms with Crippen molar-refractivity contribution in [3.8, 4) is 11.5 Å². The quantitative estimate of drug-likeness (QED) is 0.195. The van der Waals surface area contributed by atoms with E-state index in [0.29, 0.717) is 12.5 Å². The molecule has 2 aromatic heterocycles. The molecule has 12 nitrogen and oxygen atoms in total. The molecule has 1 atom stereocenters. The zero-order valence-corrected chi connectivity index (χ0v) is 23.5. The lowest BCUT2D eigenvalue weighted by Gasteiger charge is -2.13. The molecule has 0 spiro atoms. The lowest BCUT2D eigenvalue weighted by atomic mass is 10.1. The molecule has 1 unspecified atom stereocenters. The van der Waals surface area contributed by atoms with Crippen LogP contribution < -0.4 is 20.1 Å². The normalized spacial score (nSPS) is 12.4. The Bertz CT molecular complexity index is 1600. The standard InChI is InChI=1S/C27H26F6N8O4/c1-26(29,30)44-20-6-3-5-18(11-20)13-34-25(43)22-15-41(38-36-22)14-19(28)8-9-40-16-23(37-39-40)35-24(42)12-17-4-2-7-21(10-17)45-27(31,32)33/h2-7,10-11,15-16,19H,8-9,12-14H2,1H3,(H,34,43)(H,35,42). The van der Waals surface area contributed by atoms with Crippen LogP contribution >= 0.6 is 0 Å². The highest BCUT2D eigenvalue weighted by Gasteiger charge is 2.31. The number of amides is 2. The number of hydrogen-bond donors (Lipinski definition) is 2. The van der Waals surface area contributed by atoms with Crippen LogP contribution in [0.3, 0.4) is 0 Å². The summed E-state index contributed by atoms with van der Waals surface area (Å²) in [4.78, 5) is 24.7. The molecular weight excluding hydrogens is 614 g/mol. The van der Waals surface area contributed by atoms with Crippen molar-refractivity contribution in [2.45, 2.75) is 58.0 Å². The molecule has 0 aliphatic carbocycles. The summed E-state index contributed by atoms with van der Waals surface area (Å²) < 4.78 is 88.8. The highest BCUT2D eigenvalue weighted by molar-refractivity contribution is 5.92. The summed E-state index contributed by atoms with van der Waals surface area (Å²) in [7, 11) is 0. The summed E-state index contributed by atoms with van der Waals surface area (Å²) >= 11 is 0. The van der Waals surface area contributed by atoms with Crippen LogP contribution in [0, 0.1) is 0 Å². The van der Waals surface area contributed by atoms with E-state index >= 15 is 0 Å². The predicted octanol–water partition coefficient (Wildman–Crippen LogP) is 4.30. The fourth-order valence-corrected chi connectivity index (χ4v) is 3.95. The van der Waals surface area contributed by atoms with Crippen molar-refractivity contribution in [2.24, 2.45) is 0 Å². The SMILES string of the molecule is CC(F)(F)Oc1cccc(CNC(=O)c2cn(CC(F)CCn3cc(NC(=O)Cc4cccc(OC(F)(F)F)c4)nn3)nn2)c1. The van der Waals surface area contributed by atoms with Gasteiger partial charge in [0, 0.05) is 26.4 Å². The minimum Gasteiger partial charge on any atom is -0.433 e. The molecule has 2 N–H and O–H groups in total. The Morgan fingerprint density at radius 2 is 1.58 bits per heavy atom. The van der Waals surface area contributed by atoms with Gasteiger partial charge in [0.05, 0.1) is 25.4 Å². The molecule has 2 amide bonds. The van der Waals surface area contributed by atoms with Gasteiger partial charge in [-0.15, -0.1) is 23.4 Å². The molecule has 0 saturated heterocycles. The van der Waals surface area contributed by atoms with Crippen molar-refractivity contribution in [2.75, 3.05) is 5.32 Å². The van der Waals surface area contributed by atoms with Crippen LogP contribution in [-0.2, 0) is 30.8 Å². The van der Waals surface area contributed by atoms with E-state index in [-0.39, 0.29) is 55.3 Å². The highest BCUT2D eigenvalue weighted by atomic mass is 19.4. The second kappa shape index (κ2) is 14.1. The minimum absolute atomic E-state index is 0.00559. The van der Waals surface area contributed by atoms with E-state index in [2.05, 4.69) is 40.7 Å². The summed E-state index contributed by atoms with van der Waals surface area (Å²) in [6.07, 6.45) is -7.30. The molecule has 2 aromatic carbocycles. The number of anilines is 1. The molecule has 4 aromatic rings. The van der Waals surface area contributed by atoms with Gasteiger partial charge in [-0.25, -0.2) is 9.07 Å². The van der Waals surface area contributed by atoms with Gasteiger partial charge in [0.2, 0.25) is 5.91 Å². The fourth-order valence-electron chi connectivity index (χ4n) is 3.95. The maximum Gasteiger partial charge on any atom is 0.573 e. The first-order chi connectivity index (χ1) is 21.2. The van der Waals surface area contributed by atoms with E-state index < -0.39 is 36.2 Å². The number of rotatable bonds is 14. The number of nitrogens with one attached hydrogen (secondary N) is 2. The van der Waals surface area contributed by atoms with Crippen LogP contribution in [0.1, 0.15) is 35.0 Å². The summed E-state index contributed by atoms with van der Waals surface area (Å²) in [6.45, 7) is 0.460. The average Bonchev–Trinajstić information content (AvgIpc) is 3.58. The summed E-state index contributed by atoms with van der Waals surface area (Å²) in [5.74, 6) is -1.63. The van der Waals surface area contributed by atoms with Gasteiger partial charge in [-0.2, -0.15) is 8.78 Å². The van der Waals surface area contributed by atoms with Crippen LogP contribution in [0.4, 0.5) is 32.2 Å². The lowest BCUT2D eigenvalue weighted by Crippen LogP contribution is -2.23. The third kappa shape index (κ3) is 11.1. The number of carbonyl (C=O) groups excluding carboxylic acids is 2. The van der Waals surface area contributed by atoms with Crippen LogP contribution in [-0.4, -0.2) is 60.4 Å². The van der Waals surface area contributed by atoms with Crippen molar-refractivity contribution >= 4 is 17.6 Å². The van der Waals surface area contributed by atoms with E-state index in [9.17, 15) is 35.9 Å². The molecule has 45 heavy (non-hydrogen) atoms. The number of halogens is 6. The van der Waals surface area contributed by atoms with Gasteiger partial charge in [-0.3, -0.25) is 14.3 Å². The average molecular weight is 641 g/mol. The van der Waals surface area contributed by atoms with Crippen LogP contribution in [0.25, 0.3) is 0 Å². The smallest absolute Gasteiger partial charge is 0.433 e. The van der Waals surface area contributed by atoms with E-state index in [1.165, 1.54) is 47.4 Å². The monoisotopic (exact) mass is 640 g/mol. The fraction of sp³-hybridized carbons (Fsp3) is 0.333. The maximum atomic E-state index is 14.6. The first kappa shape index (κ1) is 32.7. The first-order valence-corrected chi connectivity index (χ1v) is 13.2. The molecule has 18 heteroatoms. The number of ether oxygens (including phenoxy) is 2. The number of benzene rings is 2. The van der Waals surface area contributed by atoms with Crippen LogP contribution in [0.2, 0.25) is 0 Å². The molecule has 0 saturated carbocycles. The second-order valence-electron chi connectivity index (χ2n) is 9.74. The topological polar surface area (TPSA) is 138 Å². The second-order valence-corrected chi connectivity index (χ2v) is 9.74. The maximum absolute atomic E-state index is 14.6. The van der Waals surface area contributed by atoms with Crippen molar-refractivity contribution in [3.05, 3.63) is 77.7 Å². The van der Waals surface area contributed by atoms with Gasteiger partial charge in [0.1, 0.15) is 17.7 Å². The van der Waals surface area contributed by atoms with Crippen molar-refractivity contribution in [1.29, 1.82) is 0 Å². The number of nitrogens with zero attached hydrogens (tertiary/aromatic N) is 6. The lowest BCUT2D eigenvalue weighted by molar-refractivity contribution is -0.274. The van der Waals surface area contributed by atoms with Gasteiger partial charge in [0.15, 0.2) is 11.5 Å². The zero-order valence-electron chi connectivity index (χ0n) is 23.5. The Morgan fingerprint density at radius 3 is 2.29 bits per heavy atom. The van der Waals surface area contributed by atoms with Crippen LogP contribution in [0.5, 0.6) is 11.5 Å². The van der Waals surface area contributed by atoms with E-state index in [1.807, 2.05) is 0 Å². The Hall–Kier alpha value is -5.16. The Balaban J connectivity index is 1.19. The van der Waals surface area contributed by atoms with Crippen molar-refractivity contribution < 1.29 is 45.4 Å². The third-order valence-electron chi connectivity index (χ3n) is 5.78. The zero-order chi connectivity index (χ0) is 32.6. The summed E-state index contributed by atoms with van der Waals surface area (Å²) in [5.41, 5.74) is 0.700. The van der Waals surface area contributed by atoms with E-state index in [0.717, 1.165) is 16.8 Å². The van der Waals surface area contributed by atoms with Crippen molar-refractivity contribution in [3.63, 3.8) is 0 Å². The van der Waals surface area contributed by atoms with Gasteiger partial charge in [-0.1, -0.05) is 34.7 Å². The molecule has 0 aliphatic heterocycles. The van der Waals surface area contributed by atoms with E-state index in [4.69, 9.17) is 0 Å². The Labute approximate surface area is 251 Å². The molecule has 0 aliphatic rings. The Kier molecular flexibility index (Phi) is 10.2. The first-order valence-electron chi connectivity index (χ1n) is 13.2. The molecule has 0 bridgehead atoms. The largest absolute Gasteiger partial charge is 0.573 e. The predicted molar refractivity (Wildman–Crippen MR) is 144 cm³/mol.